The van der Waals surface area contributed by atoms with Crippen LogP contribution in [0.4, 0.5) is 5.00 Å². The van der Waals surface area contributed by atoms with E-state index in [4.69, 9.17) is 14.2 Å². The summed E-state index contributed by atoms with van der Waals surface area (Å²) in [6.07, 6.45) is 1.83. The van der Waals surface area contributed by atoms with Crippen molar-refractivity contribution < 1.29 is 23.8 Å². The van der Waals surface area contributed by atoms with Crippen molar-refractivity contribution in [3.8, 4) is 11.5 Å². The normalized spacial score (nSPS) is 13.5. The number of nitrogens with zero attached hydrogens (tertiary/aromatic N) is 1. The number of anilines is 1. The third-order valence-electron chi connectivity index (χ3n) is 4.94. The Morgan fingerprint density at radius 2 is 2.00 bits per heavy atom. The first-order valence-corrected chi connectivity index (χ1v) is 10.3. The molecular formula is C21H26N2O5S. The van der Waals surface area contributed by atoms with Crippen molar-refractivity contribution in [2.45, 2.75) is 26.3 Å². The van der Waals surface area contributed by atoms with Gasteiger partial charge in [0.15, 0.2) is 11.5 Å². The number of para-hydroxylation sites is 1. The van der Waals surface area contributed by atoms with Crippen LogP contribution in [0.2, 0.25) is 0 Å². The molecule has 156 valence electrons. The molecule has 29 heavy (non-hydrogen) atoms. The van der Waals surface area contributed by atoms with E-state index in [0.717, 1.165) is 42.9 Å². The Balaban J connectivity index is 1.95. The minimum atomic E-state index is -0.431. The van der Waals surface area contributed by atoms with Gasteiger partial charge in [-0.1, -0.05) is 13.0 Å². The lowest BCUT2D eigenvalue weighted by Gasteiger charge is -2.26. The Labute approximate surface area is 174 Å². The van der Waals surface area contributed by atoms with E-state index in [2.05, 4.69) is 17.1 Å². The second kappa shape index (κ2) is 9.28. The number of nitrogens with one attached hydrogen (secondary N) is 1. The lowest BCUT2D eigenvalue weighted by Crippen LogP contribution is -2.30. The molecule has 3 rings (SSSR count). The topological polar surface area (TPSA) is 77.1 Å². The maximum atomic E-state index is 13.0. The van der Waals surface area contributed by atoms with Crippen LogP contribution in [0, 0.1) is 0 Å². The Morgan fingerprint density at radius 1 is 1.21 bits per heavy atom. The number of amides is 1. The van der Waals surface area contributed by atoms with Gasteiger partial charge in [-0.15, -0.1) is 11.3 Å². The zero-order valence-electron chi connectivity index (χ0n) is 17.2. The summed E-state index contributed by atoms with van der Waals surface area (Å²) in [6.45, 7) is 4.82. The summed E-state index contributed by atoms with van der Waals surface area (Å²) in [6, 6.07) is 5.10. The SMILES string of the molecule is CCCN1CCc2c(sc(NC(=O)c3cccc(OC)c3OC)c2C(=O)OC)C1. The molecule has 1 aromatic heterocycles. The molecule has 1 aliphatic heterocycles. The van der Waals surface area contributed by atoms with Crippen LogP contribution in [0.5, 0.6) is 11.5 Å². The molecule has 2 heterocycles. The number of ether oxygens (including phenoxy) is 3. The first-order valence-electron chi connectivity index (χ1n) is 9.51. The van der Waals surface area contributed by atoms with Crippen LogP contribution in [-0.2, 0) is 17.7 Å². The molecule has 7 nitrogen and oxygen atoms in total. The zero-order chi connectivity index (χ0) is 21.0. The van der Waals surface area contributed by atoms with Crippen molar-refractivity contribution in [3.05, 3.63) is 39.8 Å². The Hall–Kier alpha value is -2.58. The summed E-state index contributed by atoms with van der Waals surface area (Å²) in [5.41, 5.74) is 1.77. The summed E-state index contributed by atoms with van der Waals surface area (Å²) in [5, 5.41) is 3.41. The average molecular weight is 419 g/mol. The molecule has 0 spiro atoms. The van der Waals surface area contributed by atoms with E-state index < -0.39 is 5.97 Å². The molecule has 0 bridgehead atoms. The molecule has 0 radical (unpaired) electrons. The number of rotatable bonds is 7. The van der Waals surface area contributed by atoms with Crippen molar-refractivity contribution >= 4 is 28.2 Å². The van der Waals surface area contributed by atoms with E-state index in [-0.39, 0.29) is 5.91 Å². The monoisotopic (exact) mass is 418 g/mol. The van der Waals surface area contributed by atoms with E-state index in [1.54, 1.807) is 18.2 Å². The van der Waals surface area contributed by atoms with Crippen LogP contribution in [0.3, 0.4) is 0 Å². The first kappa shape index (κ1) is 21.1. The molecule has 0 saturated carbocycles. The zero-order valence-corrected chi connectivity index (χ0v) is 18.0. The number of hydrogen-bond acceptors (Lipinski definition) is 7. The van der Waals surface area contributed by atoms with Crippen LogP contribution in [0.1, 0.15) is 44.5 Å². The van der Waals surface area contributed by atoms with Gasteiger partial charge in [-0.2, -0.15) is 0 Å². The van der Waals surface area contributed by atoms with E-state index in [9.17, 15) is 9.59 Å². The highest BCUT2D eigenvalue weighted by Gasteiger charge is 2.29. The molecule has 1 amide bonds. The number of methoxy groups -OCH3 is 3. The Morgan fingerprint density at radius 3 is 2.66 bits per heavy atom. The maximum Gasteiger partial charge on any atom is 0.341 e. The lowest BCUT2D eigenvalue weighted by molar-refractivity contribution is 0.0600. The van der Waals surface area contributed by atoms with Crippen molar-refractivity contribution in [3.63, 3.8) is 0 Å². The lowest BCUT2D eigenvalue weighted by atomic mass is 10.0. The van der Waals surface area contributed by atoms with Gasteiger partial charge in [0.1, 0.15) is 5.00 Å². The highest BCUT2D eigenvalue weighted by Crippen LogP contribution is 2.39. The number of esters is 1. The number of carbonyl (C=O) groups is 2. The van der Waals surface area contributed by atoms with Gasteiger partial charge in [0.05, 0.1) is 32.5 Å². The fourth-order valence-electron chi connectivity index (χ4n) is 3.61. The summed E-state index contributed by atoms with van der Waals surface area (Å²) >= 11 is 1.44. The van der Waals surface area contributed by atoms with Gasteiger partial charge in [0.25, 0.3) is 5.91 Å². The van der Waals surface area contributed by atoms with Gasteiger partial charge in [0.2, 0.25) is 0 Å². The number of hydrogen-bond donors (Lipinski definition) is 1. The molecule has 1 aliphatic rings. The van der Waals surface area contributed by atoms with Gasteiger partial charge in [-0.05, 0) is 37.1 Å². The predicted octanol–water partition coefficient (Wildman–Crippen LogP) is 3.57. The molecule has 8 heteroatoms. The minimum absolute atomic E-state index is 0.335. The fourth-order valence-corrected chi connectivity index (χ4v) is 4.88. The maximum absolute atomic E-state index is 13.0. The van der Waals surface area contributed by atoms with E-state index in [0.29, 0.717) is 27.6 Å². The molecule has 1 N–H and O–H groups in total. The van der Waals surface area contributed by atoms with Crippen molar-refractivity contribution in [2.24, 2.45) is 0 Å². The standard InChI is InChI=1S/C21H26N2O5S/c1-5-10-23-11-9-13-16(12-23)29-20(17(13)21(25)28-4)22-19(24)14-7-6-8-15(26-2)18(14)27-3/h6-8H,5,9-12H2,1-4H3,(H,22,24). The van der Waals surface area contributed by atoms with E-state index in [1.165, 1.54) is 32.7 Å². The third-order valence-corrected chi connectivity index (χ3v) is 6.07. The summed E-state index contributed by atoms with van der Waals surface area (Å²) in [7, 11) is 4.36. The van der Waals surface area contributed by atoms with Crippen LogP contribution in [-0.4, -0.2) is 51.2 Å². The number of carbonyl (C=O) groups excluding carboxylic acids is 2. The Kier molecular flexibility index (Phi) is 6.76. The smallest absolute Gasteiger partial charge is 0.341 e. The second-order valence-electron chi connectivity index (χ2n) is 6.72. The summed E-state index contributed by atoms with van der Waals surface area (Å²) < 4.78 is 15.6. The van der Waals surface area contributed by atoms with Gasteiger partial charge < -0.3 is 19.5 Å². The van der Waals surface area contributed by atoms with Gasteiger partial charge in [-0.25, -0.2) is 4.79 Å². The van der Waals surface area contributed by atoms with E-state index >= 15 is 0 Å². The molecule has 2 aromatic rings. The van der Waals surface area contributed by atoms with Crippen LogP contribution < -0.4 is 14.8 Å². The summed E-state index contributed by atoms with van der Waals surface area (Å²) in [5.74, 6) is 0.0193. The third kappa shape index (κ3) is 4.23. The van der Waals surface area contributed by atoms with Crippen LogP contribution in [0.15, 0.2) is 18.2 Å². The van der Waals surface area contributed by atoms with E-state index in [1.807, 2.05) is 0 Å². The molecule has 0 unspecified atom stereocenters. The number of thiophene rings is 1. The molecule has 0 fully saturated rings. The molecule has 0 saturated heterocycles. The van der Waals surface area contributed by atoms with Crippen molar-refractivity contribution in [1.29, 1.82) is 0 Å². The molecule has 1 aromatic carbocycles. The van der Waals surface area contributed by atoms with Gasteiger partial charge in [-0.3, -0.25) is 9.69 Å². The predicted molar refractivity (Wildman–Crippen MR) is 112 cm³/mol. The van der Waals surface area contributed by atoms with Crippen LogP contribution in [0.25, 0.3) is 0 Å². The summed E-state index contributed by atoms with van der Waals surface area (Å²) in [4.78, 5) is 28.9. The molecule has 0 atom stereocenters. The average Bonchev–Trinajstić information content (AvgIpc) is 3.09. The molecular weight excluding hydrogens is 392 g/mol. The quantitative estimate of drug-likeness (QED) is 0.693. The number of fused-ring (bicyclic) bond motifs is 1. The molecule has 0 aliphatic carbocycles. The second-order valence-corrected chi connectivity index (χ2v) is 7.83. The van der Waals surface area contributed by atoms with Gasteiger partial charge >= 0.3 is 5.97 Å². The largest absolute Gasteiger partial charge is 0.493 e. The van der Waals surface area contributed by atoms with Crippen molar-refractivity contribution in [2.75, 3.05) is 39.7 Å². The highest BCUT2D eigenvalue weighted by molar-refractivity contribution is 7.17. The minimum Gasteiger partial charge on any atom is -0.493 e. The first-order chi connectivity index (χ1) is 14.0. The fraction of sp³-hybridized carbons (Fsp3) is 0.429. The van der Waals surface area contributed by atoms with Crippen LogP contribution >= 0.6 is 11.3 Å². The van der Waals surface area contributed by atoms with Crippen molar-refractivity contribution in [1.82, 2.24) is 4.90 Å². The number of benzene rings is 1. The highest BCUT2D eigenvalue weighted by atomic mass is 32.1. The Bertz CT molecular complexity index is 909. The van der Waals surface area contributed by atoms with Gasteiger partial charge in [0, 0.05) is 18.0 Å².